The van der Waals surface area contributed by atoms with Gasteiger partial charge in [0.25, 0.3) is 0 Å². The van der Waals surface area contributed by atoms with Crippen molar-refractivity contribution in [2.24, 2.45) is 5.73 Å². The molecule has 0 aliphatic carbocycles. The van der Waals surface area contributed by atoms with Gasteiger partial charge >= 0.3 is 0 Å². The van der Waals surface area contributed by atoms with Crippen molar-refractivity contribution in [3.63, 3.8) is 0 Å². The lowest BCUT2D eigenvalue weighted by Crippen LogP contribution is -2.17. The Hall–Kier alpha value is -0.900. The van der Waals surface area contributed by atoms with Crippen LogP contribution in [0, 0.1) is 0 Å². The summed E-state index contributed by atoms with van der Waals surface area (Å²) < 4.78 is 16.9. The molecule has 0 saturated heterocycles. The van der Waals surface area contributed by atoms with E-state index in [0.29, 0.717) is 18.0 Å². The Morgan fingerprint density at radius 2 is 2.55 bits per heavy atom. The van der Waals surface area contributed by atoms with Gasteiger partial charge in [-0.15, -0.1) is 0 Å². The van der Waals surface area contributed by atoms with E-state index in [2.05, 4.69) is 4.98 Å². The molecular formula is C7H11FN2O. The fraction of sp³-hybridized carbons (Fsp3) is 0.571. The van der Waals surface area contributed by atoms with Crippen LogP contribution in [0.5, 0.6) is 0 Å². The van der Waals surface area contributed by atoms with E-state index in [-0.39, 0.29) is 6.04 Å². The highest BCUT2D eigenvalue weighted by Crippen LogP contribution is 2.04. The molecule has 11 heavy (non-hydrogen) atoms. The van der Waals surface area contributed by atoms with E-state index < -0.39 is 6.67 Å². The number of alkyl halides is 1. The van der Waals surface area contributed by atoms with Crippen molar-refractivity contribution in [3.05, 3.63) is 17.8 Å². The lowest BCUT2D eigenvalue weighted by molar-refractivity contribution is 0.467. The van der Waals surface area contributed by atoms with E-state index in [1.54, 1.807) is 0 Å². The van der Waals surface area contributed by atoms with Crippen molar-refractivity contribution in [2.45, 2.75) is 26.1 Å². The zero-order valence-electron chi connectivity index (χ0n) is 6.38. The molecule has 1 unspecified atom stereocenters. The van der Waals surface area contributed by atoms with Gasteiger partial charge in [-0.25, -0.2) is 9.37 Å². The molecule has 2 N–H and O–H groups in total. The molecule has 0 aliphatic rings. The van der Waals surface area contributed by atoms with Gasteiger partial charge in [-0.3, -0.25) is 0 Å². The molecule has 1 aromatic rings. The molecule has 0 amide bonds. The molecular weight excluding hydrogens is 147 g/mol. The van der Waals surface area contributed by atoms with Crippen LogP contribution in [0.25, 0.3) is 0 Å². The van der Waals surface area contributed by atoms with Crippen LogP contribution in [0.2, 0.25) is 0 Å². The minimum absolute atomic E-state index is 0.00103. The Morgan fingerprint density at radius 3 is 3.00 bits per heavy atom. The van der Waals surface area contributed by atoms with Gasteiger partial charge in [0.2, 0.25) is 0 Å². The van der Waals surface area contributed by atoms with Crippen LogP contribution >= 0.6 is 0 Å². The number of nitrogens with zero attached hydrogens (tertiary/aromatic N) is 1. The number of rotatable bonds is 3. The Balaban J connectivity index is 2.58. The lowest BCUT2D eigenvalue weighted by atomic mass is 10.2. The van der Waals surface area contributed by atoms with Gasteiger partial charge in [-0.2, -0.15) is 0 Å². The second-order valence-electron chi connectivity index (χ2n) is 2.55. The Labute approximate surface area is 64.4 Å². The SMILES string of the molecule is CC(N)Cc1nc(CF)co1. The molecule has 62 valence electrons. The normalized spacial score (nSPS) is 13.4. The van der Waals surface area contributed by atoms with E-state index in [0.717, 1.165) is 0 Å². The highest BCUT2D eigenvalue weighted by atomic mass is 19.1. The summed E-state index contributed by atoms with van der Waals surface area (Å²) in [5.74, 6) is 0.507. The van der Waals surface area contributed by atoms with Crippen LogP contribution in [-0.4, -0.2) is 11.0 Å². The Bertz CT molecular complexity index is 222. The third-order valence-electron chi connectivity index (χ3n) is 1.23. The predicted octanol–water partition coefficient (Wildman–Crippen LogP) is 1.03. The van der Waals surface area contributed by atoms with E-state index in [1.807, 2.05) is 6.92 Å². The molecule has 1 aromatic heterocycles. The second-order valence-corrected chi connectivity index (χ2v) is 2.55. The van der Waals surface area contributed by atoms with Gasteiger partial charge in [-0.1, -0.05) is 0 Å². The van der Waals surface area contributed by atoms with Crippen molar-refractivity contribution in [3.8, 4) is 0 Å². The fourth-order valence-electron chi connectivity index (χ4n) is 0.779. The maximum Gasteiger partial charge on any atom is 0.195 e. The summed E-state index contributed by atoms with van der Waals surface area (Å²) in [7, 11) is 0. The Morgan fingerprint density at radius 1 is 1.82 bits per heavy atom. The van der Waals surface area contributed by atoms with Gasteiger partial charge in [0.1, 0.15) is 18.6 Å². The summed E-state index contributed by atoms with van der Waals surface area (Å²) in [6.45, 7) is 1.27. The zero-order valence-corrected chi connectivity index (χ0v) is 6.38. The average molecular weight is 158 g/mol. The van der Waals surface area contributed by atoms with Crippen LogP contribution in [-0.2, 0) is 13.1 Å². The van der Waals surface area contributed by atoms with Crippen molar-refractivity contribution in [2.75, 3.05) is 0 Å². The summed E-state index contributed by atoms with van der Waals surface area (Å²) in [4.78, 5) is 3.85. The van der Waals surface area contributed by atoms with E-state index >= 15 is 0 Å². The number of oxazole rings is 1. The van der Waals surface area contributed by atoms with Gasteiger partial charge in [0.15, 0.2) is 5.89 Å². The molecule has 0 bridgehead atoms. The Kier molecular flexibility index (Phi) is 2.59. The van der Waals surface area contributed by atoms with Crippen molar-refractivity contribution < 1.29 is 8.81 Å². The molecule has 0 aromatic carbocycles. The third kappa shape index (κ3) is 2.31. The summed E-state index contributed by atoms with van der Waals surface area (Å²) in [6.07, 6.45) is 1.87. The molecule has 1 atom stereocenters. The third-order valence-corrected chi connectivity index (χ3v) is 1.23. The maximum atomic E-state index is 11.9. The van der Waals surface area contributed by atoms with E-state index in [9.17, 15) is 4.39 Å². The molecule has 4 heteroatoms. The average Bonchev–Trinajstić information content (AvgIpc) is 2.34. The van der Waals surface area contributed by atoms with Gasteiger partial charge in [0, 0.05) is 12.5 Å². The van der Waals surface area contributed by atoms with E-state index in [1.165, 1.54) is 6.26 Å². The van der Waals surface area contributed by atoms with Gasteiger partial charge < -0.3 is 10.2 Å². The summed E-state index contributed by atoms with van der Waals surface area (Å²) >= 11 is 0. The van der Waals surface area contributed by atoms with Crippen molar-refractivity contribution in [1.29, 1.82) is 0 Å². The number of hydrogen-bond acceptors (Lipinski definition) is 3. The minimum Gasteiger partial charge on any atom is -0.449 e. The molecule has 1 rings (SSSR count). The molecule has 3 nitrogen and oxygen atoms in total. The molecule has 0 radical (unpaired) electrons. The van der Waals surface area contributed by atoms with E-state index in [4.69, 9.17) is 10.2 Å². The molecule has 0 fully saturated rings. The lowest BCUT2D eigenvalue weighted by Gasteiger charge is -1.97. The molecule has 0 saturated carbocycles. The smallest absolute Gasteiger partial charge is 0.195 e. The zero-order chi connectivity index (χ0) is 8.27. The first-order valence-electron chi connectivity index (χ1n) is 3.47. The highest BCUT2D eigenvalue weighted by molar-refractivity contribution is 4.95. The monoisotopic (exact) mass is 158 g/mol. The van der Waals surface area contributed by atoms with Crippen molar-refractivity contribution >= 4 is 0 Å². The number of aromatic nitrogens is 1. The first-order chi connectivity index (χ1) is 5.22. The highest BCUT2D eigenvalue weighted by Gasteiger charge is 2.04. The standard InChI is InChI=1S/C7H11FN2O/c1-5(9)2-7-10-6(3-8)4-11-7/h4-5H,2-3,9H2,1H3. The van der Waals surface area contributed by atoms with Crippen LogP contribution in [0.15, 0.2) is 10.7 Å². The fourth-order valence-corrected chi connectivity index (χ4v) is 0.779. The summed E-state index contributed by atoms with van der Waals surface area (Å²) in [6, 6.07) is 0.00103. The first-order valence-corrected chi connectivity index (χ1v) is 3.47. The number of halogens is 1. The van der Waals surface area contributed by atoms with Crippen LogP contribution < -0.4 is 5.73 Å². The topological polar surface area (TPSA) is 52.0 Å². The van der Waals surface area contributed by atoms with Crippen LogP contribution in [0.3, 0.4) is 0 Å². The van der Waals surface area contributed by atoms with Gasteiger partial charge in [0.05, 0.1) is 0 Å². The number of hydrogen-bond donors (Lipinski definition) is 1. The predicted molar refractivity (Wildman–Crippen MR) is 38.7 cm³/mol. The first kappa shape index (κ1) is 8.20. The molecule has 0 spiro atoms. The second kappa shape index (κ2) is 3.48. The summed E-state index contributed by atoms with van der Waals surface area (Å²) in [5, 5.41) is 0. The van der Waals surface area contributed by atoms with Crippen LogP contribution in [0.1, 0.15) is 18.5 Å². The van der Waals surface area contributed by atoms with Crippen LogP contribution in [0.4, 0.5) is 4.39 Å². The maximum absolute atomic E-state index is 11.9. The largest absolute Gasteiger partial charge is 0.449 e. The number of nitrogens with two attached hydrogens (primary N) is 1. The summed E-state index contributed by atoms with van der Waals surface area (Å²) in [5.41, 5.74) is 5.82. The quantitative estimate of drug-likeness (QED) is 0.714. The minimum atomic E-state index is -0.581. The molecule has 1 heterocycles. The van der Waals surface area contributed by atoms with Gasteiger partial charge in [-0.05, 0) is 6.92 Å². The molecule has 0 aliphatic heterocycles. The van der Waals surface area contributed by atoms with Crippen molar-refractivity contribution in [1.82, 2.24) is 4.98 Å².